The Morgan fingerprint density at radius 2 is 1.94 bits per heavy atom. The third-order valence-electron chi connectivity index (χ3n) is 4.58. The second-order valence-electron chi connectivity index (χ2n) is 6.02. The maximum Gasteiger partial charge on any atom is 0.0691 e. The van der Waals surface area contributed by atoms with Gasteiger partial charge < -0.3 is 5.11 Å². The Kier molecular flexibility index (Phi) is 3.00. The summed E-state index contributed by atoms with van der Waals surface area (Å²) in [6, 6.07) is 0. The molecule has 0 spiro atoms. The Labute approximate surface area is 99.3 Å². The summed E-state index contributed by atoms with van der Waals surface area (Å²) in [4.78, 5) is 0. The Morgan fingerprint density at radius 3 is 2.56 bits per heavy atom. The van der Waals surface area contributed by atoms with Gasteiger partial charge in [-0.1, -0.05) is 22.3 Å². The fraction of sp³-hybridized carbons (Fsp3) is 0.733. The first kappa shape index (κ1) is 11.9. The van der Waals surface area contributed by atoms with E-state index < -0.39 is 5.60 Å². The van der Waals surface area contributed by atoms with Crippen LogP contribution in [-0.2, 0) is 0 Å². The van der Waals surface area contributed by atoms with Gasteiger partial charge in [-0.2, -0.15) is 0 Å². The molecule has 2 atom stereocenters. The van der Waals surface area contributed by atoms with Gasteiger partial charge >= 0.3 is 0 Å². The molecule has 0 aromatic carbocycles. The van der Waals surface area contributed by atoms with Crippen molar-refractivity contribution >= 4 is 0 Å². The Bertz CT molecular complexity index is 354. The van der Waals surface area contributed by atoms with Gasteiger partial charge in [0.15, 0.2) is 0 Å². The molecule has 2 rings (SSSR count). The second-order valence-corrected chi connectivity index (χ2v) is 6.02. The molecule has 90 valence electrons. The summed E-state index contributed by atoms with van der Waals surface area (Å²) in [5.41, 5.74) is 5.65. The Balaban J connectivity index is 2.37. The molecule has 16 heavy (non-hydrogen) atoms. The van der Waals surface area contributed by atoms with Crippen molar-refractivity contribution in [2.24, 2.45) is 5.92 Å². The number of hydrogen-bond acceptors (Lipinski definition) is 1. The molecule has 0 bridgehead atoms. The van der Waals surface area contributed by atoms with Gasteiger partial charge in [0.05, 0.1) is 5.60 Å². The van der Waals surface area contributed by atoms with Crippen molar-refractivity contribution in [2.45, 2.75) is 65.4 Å². The van der Waals surface area contributed by atoms with Crippen molar-refractivity contribution in [1.82, 2.24) is 0 Å². The van der Waals surface area contributed by atoms with Gasteiger partial charge in [0.2, 0.25) is 0 Å². The topological polar surface area (TPSA) is 20.2 Å². The van der Waals surface area contributed by atoms with Crippen molar-refractivity contribution in [3.05, 3.63) is 22.3 Å². The highest BCUT2D eigenvalue weighted by atomic mass is 16.3. The molecule has 0 heterocycles. The standard InChI is InChI=1S/C15H24O/c1-10(2)12-6-5-11(3)13-7-8-15(4,16)14(13)9-12/h14,16H,5-9H2,1-4H3/t14-,15-/m1/s1. The van der Waals surface area contributed by atoms with E-state index in [4.69, 9.17) is 0 Å². The third kappa shape index (κ3) is 1.98. The van der Waals surface area contributed by atoms with E-state index in [9.17, 15) is 5.11 Å². The molecule has 1 heteroatoms. The highest BCUT2D eigenvalue weighted by Gasteiger charge is 2.42. The highest BCUT2D eigenvalue weighted by Crippen LogP contribution is 2.47. The largest absolute Gasteiger partial charge is 0.390 e. The lowest BCUT2D eigenvalue weighted by Crippen LogP contribution is -2.29. The Morgan fingerprint density at radius 1 is 1.25 bits per heavy atom. The Hall–Kier alpha value is -0.560. The van der Waals surface area contributed by atoms with E-state index >= 15 is 0 Å². The number of aliphatic hydroxyl groups is 1. The maximum atomic E-state index is 10.5. The predicted molar refractivity (Wildman–Crippen MR) is 68.3 cm³/mol. The van der Waals surface area contributed by atoms with Gasteiger partial charge in [-0.25, -0.2) is 0 Å². The minimum atomic E-state index is -0.471. The molecule has 2 aliphatic carbocycles. The fourth-order valence-corrected chi connectivity index (χ4v) is 3.27. The lowest BCUT2D eigenvalue weighted by atomic mass is 9.84. The third-order valence-corrected chi connectivity index (χ3v) is 4.58. The average molecular weight is 220 g/mol. The fourth-order valence-electron chi connectivity index (χ4n) is 3.27. The molecular weight excluding hydrogens is 196 g/mol. The normalized spacial score (nSPS) is 35.1. The molecule has 1 saturated carbocycles. The van der Waals surface area contributed by atoms with Crippen LogP contribution in [0.15, 0.2) is 22.3 Å². The first-order chi connectivity index (χ1) is 7.42. The van der Waals surface area contributed by atoms with Crippen LogP contribution in [-0.4, -0.2) is 10.7 Å². The monoisotopic (exact) mass is 220 g/mol. The molecule has 0 aromatic heterocycles. The maximum absolute atomic E-state index is 10.5. The zero-order valence-electron chi connectivity index (χ0n) is 11.1. The van der Waals surface area contributed by atoms with Crippen LogP contribution in [0.25, 0.3) is 0 Å². The highest BCUT2D eigenvalue weighted by molar-refractivity contribution is 5.30. The number of fused-ring (bicyclic) bond motifs is 1. The van der Waals surface area contributed by atoms with Crippen LogP contribution < -0.4 is 0 Å². The summed E-state index contributed by atoms with van der Waals surface area (Å²) in [7, 11) is 0. The van der Waals surface area contributed by atoms with E-state index in [2.05, 4.69) is 20.8 Å². The molecule has 1 nitrogen and oxygen atoms in total. The molecule has 0 radical (unpaired) electrons. The number of allylic oxidation sites excluding steroid dienone is 3. The first-order valence-electron chi connectivity index (χ1n) is 6.48. The summed E-state index contributed by atoms with van der Waals surface area (Å²) in [5, 5.41) is 10.5. The van der Waals surface area contributed by atoms with Crippen molar-refractivity contribution in [2.75, 3.05) is 0 Å². The van der Waals surface area contributed by atoms with E-state index in [0.29, 0.717) is 5.92 Å². The summed E-state index contributed by atoms with van der Waals surface area (Å²) in [6.45, 7) is 8.70. The van der Waals surface area contributed by atoms with Crippen LogP contribution in [0.5, 0.6) is 0 Å². The van der Waals surface area contributed by atoms with Crippen LogP contribution in [0.2, 0.25) is 0 Å². The zero-order valence-corrected chi connectivity index (χ0v) is 11.1. The van der Waals surface area contributed by atoms with E-state index in [1.54, 1.807) is 16.7 Å². The van der Waals surface area contributed by atoms with Gasteiger partial charge in [-0.05, 0) is 59.8 Å². The molecular formula is C15H24O. The molecule has 0 saturated heterocycles. The molecule has 1 fully saturated rings. The minimum absolute atomic E-state index is 0.389. The zero-order chi connectivity index (χ0) is 11.9. The molecule has 2 aliphatic rings. The minimum Gasteiger partial charge on any atom is -0.390 e. The van der Waals surface area contributed by atoms with E-state index in [1.807, 2.05) is 6.92 Å². The van der Waals surface area contributed by atoms with Gasteiger partial charge in [0.1, 0.15) is 0 Å². The number of hydrogen-bond donors (Lipinski definition) is 1. The van der Waals surface area contributed by atoms with Crippen LogP contribution in [0.1, 0.15) is 59.8 Å². The van der Waals surface area contributed by atoms with E-state index in [1.165, 1.54) is 18.4 Å². The van der Waals surface area contributed by atoms with E-state index in [-0.39, 0.29) is 0 Å². The van der Waals surface area contributed by atoms with Crippen LogP contribution in [0.3, 0.4) is 0 Å². The number of rotatable bonds is 0. The smallest absolute Gasteiger partial charge is 0.0691 e. The van der Waals surface area contributed by atoms with Gasteiger partial charge in [-0.3, -0.25) is 0 Å². The molecule has 0 aliphatic heterocycles. The summed E-state index contributed by atoms with van der Waals surface area (Å²) >= 11 is 0. The van der Waals surface area contributed by atoms with Crippen LogP contribution in [0, 0.1) is 5.92 Å². The van der Waals surface area contributed by atoms with Crippen molar-refractivity contribution in [1.29, 1.82) is 0 Å². The lowest BCUT2D eigenvalue weighted by Gasteiger charge is -2.27. The van der Waals surface area contributed by atoms with Gasteiger partial charge in [0, 0.05) is 5.92 Å². The average Bonchev–Trinajstić information content (AvgIpc) is 2.38. The van der Waals surface area contributed by atoms with E-state index in [0.717, 1.165) is 19.3 Å². The molecule has 1 N–H and O–H groups in total. The first-order valence-corrected chi connectivity index (χ1v) is 6.48. The van der Waals surface area contributed by atoms with Crippen molar-refractivity contribution < 1.29 is 5.11 Å². The van der Waals surface area contributed by atoms with Crippen LogP contribution >= 0.6 is 0 Å². The predicted octanol–water partition coefficient (Wildman–Crippen LogP) is 3.98. The SMILES string of the molecule is CC(C)=C1CCC(C)=C2CC[C@@](C)(O)[C@@H]2C1. The lowest BCUT2D eigenvalue weighted by molar-refractivity contribution is 0.0287. The quantitative estimate of drug-likeness (QED) is 0.612. The summed E-state index contributed by atoms with van der Waals surface area (Å²) < 4.78 is 0. The molecule has 0 aromatic rings. The van der Waals surface area contributed by atoms with Crippen molar-refractivity contribution in [3.63, 3.8) is 0 Å². The second kappa shape index (κ2) is 4.03. The van der Waals surface area contributed by atoms with Gasteiger partial charge in [0.25, 0.3) is 0 Å². The van der Waals surface area contributed by atoms with Crippen LogP contribution in [0.4, 0.5) is 0 Å². The summed E-state index contributed by atoms with van der Waals surface area (Å²) in [5.74, 6) is 0.389. The summed E-state index contributed by atoms with van der Waals surface area (Å²) in [6.07, 6.45) is 5.54. The van der Waals surface area contributed by atoms with Crippen molar-refractivity contribution in [3.8, 4) is 0 Å². The molecule has 0 unspecified atom stereocenters. The molecule has 0 amide bonds. The van der Waals surface area contributed by atoms with Gasteiger partial charge in [-0.15, -0.1) is 0 Å².